The Morgan fingerprint density at radius 2 is 1.79 bits per heavy atom. The van der Waals surface area contributed by atoms with E-state index in [-0.39, 0.29) is 5.97 Å². The first-order chi connectivity index (χ1) is 13.1. The maximum atomic E-state index is 12.6. The molecule has 1 aliphatic heterocycles. The minimum Gasteiger partial charge on any atom is -0.465 e. The second-order valence-corrected chi connectivity index (χ2v) is 7.48. The highest BCUT2D eigenvalue weighted by atomic mass is 16.7. The summed E-state index contributed by atoms with van der Waals surface area (Å²) in [5, 5.41) is 0. The van der Waals surface area contributed by atoms with Gasteiger partial charge in [0, 0.05) is 13.5 Å². The smallest absolute Gasteiger partial charge is 0.337 e. The molecule has 2 atom stereocenters. The molecule has 8 heteroatoms. The van der Waals surface area contributed by atoms with E-state index in [2.05, 4.69) is 4.74 Å². The van der Waals surface area contributed by atoms with Gasteiger partial charge in [-0.3, -0.25) is 9.59 Å². The van der Waals surface area contributed by atoms with Gasteiger partial charge in [-0.05, 0) is 57.9 Å². The van der Waals surface area contributed by atoms with Gasteiger partial charge in [0.15, 0.2) is 0 Å². The van der Waals surface area contributed by atoms with Gasteiger partial charge in [-0.25, -0.2) is 9.69 Å². The minimum atomic E-state index is -1.08. The number of benzene rings is 1. The molecule has 0 N–H and O–H groups in total. The lowest BCUT2D eigenvalue weighted by atomic mass is 10.1. The summed E-state index contributed by atoms with van der Waals surface area (Å²) >= 11 is 0. The zero-order valence-corrected chi connectivity index (χ0v) is 16.9. The lowest BCUT2D eigenvalue weighted by Crippen LogP contribution is -2.49. The number of likely N-dealkylation sites (tertiary alicyclic amines) is 1. The van der Waals surface area contributed by atoms with E-state index < -0.39 is 30.0 Å². The predicted octanol–water partition coefficient (Wildman–Crippen LogP) is 2.50. The number of ether oxygens (including phenoxy) is 4. The molecule has 2 rings (SSSR count). The number of methoxy groups -OCH3 is 1. The molecule has 2 unspecified atom stereocenters. The number of hydrogen-bond acceptors (Lipinski definition) is 8. The molecule has 1 fully saturated rings. The number of esters is 3. The van der Waals surface area contributed by atoms with Crippen molar-refractivity contribution in [1.29, 1.82) is 0 Å². The molecule has 0 spiro atoms. The van der Waals surface area contributed by atoms with Gasteiger partial charge < -0.3 is 18.9 Å². The standard InChI is InChI=1S/C20H27NO7/c1-13(22)26-19(27-15-10-8-14(9-11-15)17(23)25-5)21-12-6-7-16(21)18(24)28-20(2,3)4/h8-11,16,19H,6-7,12H2,1-5H3. The SMILES string of the molecule is COC(=O)c1ccc(OC(OC(C)=O)N2CCCC2C(=O)OC(C)(C)C)cc1. The first-order valence-corrected chi connectivity index (χ1v) is 9.11. The van der Waals surface area contributed by atoms with E-state index in [1.165, 1.54) is 14.0 Å². The first kappa shape index (κ1) is 21.7. The number of carbonyl (C=O) groups is 3. The quantitative estimate of drug-likeness (QED) is 0.414. The predicted molar refractivity (Wildman–Crippen MR) is 99.5 cm³/mol. The number of nitrogens with zero attached hydrogens (tertiary/aromatic N) is 1. The second kappa shape index (κ2) is 9.05. The van der Waals surface area contributed by atoms with Crippen LogP contribution < -0.4 is 4.74 Å². The lowest BCUT2D eigenvalue weighted by molar-refractivity contribution is -0.201. The normalized spacial score (nSPS) is 18.2. The van der Waals surface area contributed by atoms with Crippen molar-refractivity contribution >= 4 is 17.9 Å². The van der Waals surface area contributed by atoms with Crippen molar-refractivity contribution in [3.8, 4) is 5.75 Å². The highest BCUT2D eigenvalue weighted by Gasteiger charge is 2.40. The Bertz CT molecular complexity index is 708. The van der Waals surface area contributed by atoms with Crippen LogP contribution >= 0.6 is 0 Å². The molecular weight excluding hydrogens is 366 g/mol. The summed E-state index contributed by atoms with van der Waals surface area (Å²) in [5.41, 5.74) is -0.251. The fraction of sp³-hybridized carbons (Fsp3) is 0.550. The average molecular weight is 393 g/mol. The van der Waals surface area contributed by atoms with Crippen LogP contribution in [0.4, 0.5) is 0 Å². The highest BCUT2D eigenvalue weighted by molar-refractivity contribution is 5.89. The molecular formula is C20H27NO7. The third-order valence-corrected chi connectivity index (χ3v) is 4.02. The van der Waals surface area contributed by atoms with Crippen LogP contribution in [0.1, 0.15) is 50.9 Å². The molecule has 1 heterocycles. The van der Waals surface area contributed by atoms with Crippen LogP contribution in [0.3, 0.4) is 0 Å². The van der Waals surface area contributed by atoms with Gasteiger partial charge in [-0.1, -0.05) is 0 Å². The molecule has 1 aliphatic rings. The summed E-state index contributed by atoms with van der Waals surface area (Å²) < 4.78 is 21.3. The van der Waals surface area contributed by atoms with Crippen molar-refractivity contribution in [1.82, 2.24) is 4.90 Å². The molecule has 0 aromatic heterocycles. The average Bonchev–Trinajstić information content (AvgIpc) is 3.09. The Balaban J connectivity index is 2.16. The zero-order valence-electron chi connectivity index (χ0n) is 16.9. The summed E-state index contributed by atoms with van der Waals surface area (Å²) in [5.74, 6) is -1.00. The molecule has 0 bridgehead atoms. The summed E-state index contributed by atoms with van der Waals surface area (Å²) in [7, 11) is 1.30. The van der Waals surface area contributed by atoms with Crippen LogP contribution in [0.25, 0.3) is 0 Å². The summed E-state index contributed by atoms with van der Waals surface area (Å²) in [4.78, 5) is 37.3. The number of carbonyl (C=O) groups excluding carboxylic acids is 3. The molecule has 1 aromatic rings. The van der Waals surface area contributed by atoms with Crippen LogP contribution in [0, 0.1) is 0 Å². The third-order valence-electron chi connectivity index (χ3n) is 4.02. The number of hydrogen-bond donors (Lipinski definition) is 0. The van der Waals surface area contributed by atoms with Crippen molar-refractivity contribution < 1.29 is 33.3 Å². The van der Waals surface area contributed by atoms with E-state index in [9.17, 15) is 14.4 Å². The van der Waals surface area contributed by atoms with E-state index >= 15 is 0 Å². The molecule has 28 heavy (non-hydrogen) atoms. The van der Waals surface area contributed by atoms with Gasteiger partial charge in [0.25, 0.3) is 0 Å². The van der Waals surface area contributed by atoms with Gasteiger partial charge in [0.2, 0.25) is 0 Å². The Morgan fingerprint density at radius 1 is 1.14 bits per heavy atom. The van der Waals surface area contributed by atoms with Crippen molar-refractivity contribution in [2.45, 2.75) is 58.6 Å². The largest absolute Gasteiger partial charge is 0.465 e. The van der Waals surface area contributed by atoms with Crippen LogP contribution in [0.15, 0.2) is 24.3 Å². The first-order valence-electron chi connectivity index (χ1n) is 9.11. The topological polar surface area (TPSA) is 91.4 Å². The third kappa shape index (κ3) is 5.95. The second-order valence-electron chi connectivity index (χ2n) is 7.48. The van der Waals surface area contributed by atoms with E-state index in [1.54, 1.807) is 49.9 Å². The molecule has 154 valence electrons. The van der Waals surface area contributed by atoms with Crippen LogP contribution in [0.5, 0.6) is 5.75 Å². The van der Waals surface area contributed by atoms with Crippen molar-refractivity contribution in [3.05, 3.63) is 29.8 Å². The molecule has 8 nitrogen and oxygen atoms in total. The van der Waals surface area contributed by atoms with E-state index in [1.807, 2.05) is 0 Å². The molecule has 1 aromatic carbocycles. The summed E-state index contributed by atoms with van der Waals surface area (Å²) in [6.07, 6.45) is 0.241. The van der Waals surface area contributed by atoms with E-state index in [4.69, 9.17) is 14.2 Å². The van der Waals surface area contributed by atoms with Gasteiger partial charge >= 0.3 is 24.3 Å². The van der Waals surface area contributed by atoms with Crippen molar-refractivity contribution in [2.24, 2.45) is 0 Å². The van der Waals surface area contributed by atoms with Crippen LogP contribution in [-0.4, -0.2) is 54.5 Å². The van der Waals surface area contributed by atoms with E-state index in [0.29, 0.717) is 24.3 Å². The molecule has 0 aliphatic carbocycles. The van der Waals surface area contributed by atoms with Crippen LogP contribution in [0.2, 0.25) is 0 Å². The maximum Gasteiger partial charge on any atom is 0.337 e. The Hall–Kier alpha value is -2.61. The fourth-order valence-electron chi connectivity index (χ4n) is 2.87. The summed E-state index contributed by atoms with van der Waals surface area (Å²) in [6, 6.07) is 5.66. The van der Waals surface area contributed by atoms with Crippen LogP contribution in [-0.2, 0) is 23.8 Å². The van der Waals surface area contributed by atoms with Gasteiger partial charge in [0.05, 0.1) is 12.7 Å². The minimum absolute atomic E-state index is 0.367. The monoisotopic (exact) mass is 393 g/mol. The van der Waals surface area contributed by atoms with Crippen molar-refractivity contribution in [2.75, 3.05) is 13.7 Å². The Morgan fingerprint density at radius 3 is 2.32 bits per heavy atom. The van der Waals surface area contributed by atoms with Gasteiger partial charge in [-0.2, -0.15) is 0 Å². The zero-order chi connectivity index (χ0) is 20.9. The lowest BCUT2D eigenvalue weighted by Gasteiger charge is -2.32. The molecule has 1 saturated heterocycles. The molecule has 0 radical (unpaired) electrons. The summed E-state index contributed by atoms with van der Waals surface area (Å²) in [6.45, 7) is 7.19. The van der Waals surface area contributed by atoms with Gasteiger partial charge in [-0.15, -0.1) is 0 Å². The number of rotatable bonds is 6. The van der Waals surface area contributed by atoms with Gasteiger partial charge in [0.1, 0.15) is 17.4 Å². The fourth-order valence-corrected chi connectivity index (χ4v) is 2.87. The van der Waals surface area contributed by atoms with E-state index in [0.717, 1.165) is 6.42 Å². The Kier molecular flexibility index (Phi) is 7.01. The maximum absolute atomic E-state index is 12.6. The highest BCUT2D eigenvalue weighted by Crippen LogP contribution is 2.26. The Labute approximate surface area is 164 Å². The molecule has 0 saturated carbocycles. The van der Waals surface area contributed by atoms with Crippen molar-refractivity contribution in [3.63, 3.8) is 0 Å². The molecule has 0 amide bonds.